The van der Waals surface area contributed by atoms with Crippen LogP contribution in [0.2, 0.25) is 10.0 Å². The van der Waals surface area contributed by atoms with Crippen LogP contribution in [0.1, 0.15) is 10.4 Å². The van der Waals surface area contributed by atoms with Crippen LogP contribution >= 0.6 is 23.2 Å². The summed E-state index contributed by atoms with van der Waals surface area (Å²) in [5, 5.41) is 0.916. The van der Waals surface area contributed by atoms with Crippen LogP contribution in [0.25, 0.3) is 22.6 Å². The highest BCUT2D eigenvalue weighted by atomic mass is 35.5. The van der Waals surface area contributed by atoms with Gasteiger partial charge in [-0.1, -0.05) is 23.2 Å². The highest BCUT2D eigenvalue weighted by Gasteiger charge is 2.10. The lowest BCUT2D eigenvalue weighted by molar-refractivity contribution is 0.112. The smallest absolute Gasteiger partial charge is 0.227 e. The Labute approximate surface area is 118 Å². The van der Waals surface area contributed by atoms with Crippen LogP contribution in [0.5, 0.6) is 0 Å². The molecule has 1 aromatic heterocycles. The Balaban J connectivity index is 2.14. The van der Waals surface area contributed by atoms with Gasteiger partial charge in [0.25, 0.3) is 0 Å². The summed E-state index contributed by atoms with van der Waals surface area (Å²) in [4.78, 5) is 15.1. The molecule has 0 amide bonds. The molecule has 0 unspecified atom stereocenters. The first-order valence-electron chi connectivity index (χ1n) is 5.48. The largest absolute Gasteiger partial charge is 0.436 e. The van der Waals surface area contributed by atoms with Crippen molar-refractivity contribution in [3.05, 3.63) is 52.0 Å². The van der Waals surface area contributed by atoms with Gasteiger partial charge in [0.1, 0.15) is 11.8 Å². The molecule has 0 aliphatic heterocycles. The summed E-state index contributed by atoms with van der Waals surface area (Å²) in [7, 11) is 0. The topological polar surface area (TPSA) is 43.1 Å². The molecule has 0 fully saturated rings. The number of aldehydes is 1. The van der Waals surface area contributed by atoms with Gasteiger partial charge in [-0.3, -0.25) is 4.79 Å². The van der Waals surface area contributed by atoms with Gasteiger partial charge in [0.2, 0.25) is 5.89 Å². The first kappa shape index (κ1) is 12.2. The molecule has 0 atom stereocenters. The Kier molecular flexibility index (Phi) is 3.01. The van der Waals surface area contributed by atoms with E-state index < -0.39 is 0 Å². The SMILES string of the molecule is O=Cc1ccc2oc(-c3ccc(Cl)c(Cl)c3)nc2c1. The van der Waals surface area contributed by atoms with E-state index in [1.807, 2.05) is 0 Å². The van der Waals surface area contributed by atoms with Gasteiger partial charge in [-0.25, -0.2) is 4.98 Å². The summed E-state index contributed by atoms with van der Waals surface area (Å²) in [6.07, 6.45) is 0.771. The summed E-state index contributed by atoms with van der Waals surface area (Å²) in [5.74, 6) is 0.441. The molecule has 0 saturated heterocycles. The number of oxazole rings is 1. The Hall–Kier alpha value is -1.84. The van der Waals surface area contributed by atoms with Crippen molar-refractivity contribution in [2.45, 2.75) is 0 Å². The summed E-state index contributed by atoms with van der Waals surface area (Å²) in [5.41, 5.74) is 2.54. The molecule has 3 nitrogen and oxygen atoms in total. The first-order valence-corrected chi connectivity index (χ1v) is 6.24. The van der Waals surface area contributed by atoms with E-state index >= 15 is 0 Å². The fourth-order valence-corrected chi connectivity index (χ4v) is 2.07. The first-order chi connectivity index (χ1) is 9.17. The maximum Gasteiger partial charge on any atom is 0.227 e. The molecular formula is C14H7Cl2NO2. The summed E-state index contributed by atoms with van der Waals surface area (Å²) in [6, 6.07) is 10.2. The second-order valence-electron chi connectivity index (χ2n) is 3.99. The molecule has 0 bridgehead atoms. The molecule has 0 radical (unpaired) electrons. The van der Waals surface area contributed by atoms with E-state index in [9.17, 15) is 4.79 Å². The molecule has 3 rings (SSSR count). The molecule has 0 saturated carbocycles. The van der Waals surface area contributed by atoms with Crippen LogP contribution in [0.3, 0.4) is 0 Å². The van der Waals surface area contributed by atoms with Crippen LogP contribution in [-0.4, -0.2) is 11.3 Å². The van der Waals surface area contributed by atoms with Gasteiger partial charge in [-0.2, -0.15) is 0 Å². The maximum absolute atomic E-state index is 10.7. The van der Waals surface area contributed by atoms with E-state index in [1.54, 1.807) is 36.4 Å². The lowest BCUT2D eigenvalue weighted by atomic mass is 10.2. The van der Waals surface area contributed by atoms with E-state index in [0.29, 0.717) is 32.6 Å². The minimum absolute atomic E-state index is 0.440. The Morgan fingerprint density at radius 2 is 1.89 bits per heavy atom. The van der Waals surface area contributed by atoms with Crippen LogP contribution in [-0.2, 0) is 0 Å². The monoisotopic (exact) mass is 291 g/mol. The van der Waals surface area contributed by atoms with Crippen molar-refractivity contribution in [3.8, 4) is 11.5 Å². The number of carbonyl (C=O) groups is 1. The van der Waals surface area contributed by atoms with Gasteiger partial charge in [-0.15, -0.1) is 0 Å². The highest BCUT2D eigenvalue weighted by Crippen LogP contribution is 2.30. The van der Waals surface area contributed by atoms with E-state index in [0.717, 1.165) is 11.8 Å². The second-order valence-corrected chi connectivity index (χ2v) is 4.81. The van der Waals surface area contributed by atoms with Gasteiger partial charge in [0, 0.05) is 11.1 Å². The molecule has 94 valence electrons. The second kappa shape index (κ2) is 4.68. The standard InChI is InChI=1S/C14H7Cl2NO2/c15-10-3-2-9(6-11(10)16)14-17-12-5-8(7-18)1-4-13(12)19-14/h1-7H. The van der Waals surface area contributed by atoms with Crippen LogP contribution in [0.4, 0.5) is 0 Å². The third-order valence-corrected chi connectivity index (χ3v) is 3.45. The van der Waals surface area contributed by atoms with Crippen molar-refractivity contribution in [2.75, 3.05) is 0 Å². The highest BCUT2D eigenvalue weighted by molar-refractivity contribution is 6.42. The predicted octanol–water partition coefficient (Wildman–Crippen LogP) is 4.61. The Morgan fingerprint density at radius 3 is 2.63 bits per heavy atom. The molecular weight excluding hydrogens is 285 g/mol. The maximum atomic E-state index is 10.7. The van der Waals surface area contributed by atoms with Crippen LogP contribution < -0.4 is 0 Å². The van der Waals surface area contributed by atoms with Gasteiger partial charge in [-0.05, 0) is 36.4 Å². The summed E-state index contributed by atoms with van der Waals surface area (Å²) < 4.78 is 5.62. The number of benzene rings is 2. The molecule has 1 heterocycles. The van der Waals surface area contributed by atoms with Crippen molar-refractivity contribution in [3.63, 3.8) is 0 Å². The minimum Gasteiger partial charge on any atom is -0.436 e. The third kappa shape index (κ3) is 2.23. The summed E-state index contributed by atoms with van der Waals surface area (Å²) in [6.45, 7) is 0. The van der Waals surface area contributed by atoms with Crippen LogP contribution in [0.15, 0.2) is 40.8 Å². The molecule has 0 aliphatic rings. The number of carbonyl (C=O) groups excluding carboxylic acids is 1. The van der Waals surface area contributed by atoms with Crippen molar-refractivity contribution >= 4 is 40.6 Å². The number of hydrogen-bond donors (Lipinski definition) is 0. The summed E-state index contributed by atoms with van der Waals surface area (Å²) >= 11 is 11.8. The van der Waals surface area contributed by atoms with Crippen LogP contribution in [0, 0.1) is 0 Å². The number of fused-ring (bicyclic) bond motifs is 1. The lowest BCUT2D eigenvalue weighted by Gasteiger charge is -1.97. The van der Waals surface area contributed by atoms with E-state index in [1.165, 1.54) is 0 Å². The lowest BCUT2D eigenvalue weighted by Crippen LogP contribution is -1.79. The van der Waals surface area contributed by atoms with E-state index in [4.69, 9.17) is 27.6 Å². The van der Waals surface area contributed by atoms with Gasteiger partial charge in [0.05, 0.1) is 10.0 Å². The Bertz CT molecular complexity index is 780. The van der Waals surface area contributed by atoms with Crippen molar-refractivity contribution in [2.24, 2.45) is 0 Å². The van der Waals surface area contributed by atoms with E-state index in [2.05, 4.69) is 4.98 Å². The zero-order valence-corrected chi connectivity index (χ0v) is 11.1. The predicted molar refractivity (Wildman–Crippen MR) is 74.9 cm³/mol. The van der Waals surface area contributed by atoms with Crippen molar-refractivity contribution in [1.82, 2.24) is 4.98 Å². The number of hydrogen-bond acceptors (Lipinski definition) is 3. The third-order valence-electron chi connectivity index (χ3n) is 2.71. The average Bonchev–Trinajstić information content (AvgIpc) is 2.84. The Morgan fingerprint density at radius 1 is 1.05 bits per heavy atom. The van der Waals surface area contributed by atoms with Gasteiger partial charge in [0.15, 0.2) is 5.58 Å². The number of rotatable bonds is 2. The van der Waals surface area contributed by atoms with Gasteiger partial charge < -0.3 is 4.42 Å². The minimum atomic E-state index is 0.440. The van der Waals surface area contributed by atoms with Gasteiger partial charge >= 0.3 is 0 Å². The average molecular weight is 292 g/mol. The normalized spacial score (nSPS) is 10.8. The fraction of sp³-hybridized carbons (Fsp3) is 0. The van der Waals surface area contributed by atoms with E-state index in [-0.39, 0.29) is 0 Å². The number of halogens is 2. The molecule has 0 N–H and O–H groups in total. The fourth-order valence-electron chi connectivity index (χ4n) is 1.77. The molecule has 0 aliphatic carbocycles. The number of nitrogens with zero attached hydrogens (tertiary/aromatic N) is 1. The quantitative estimate of drug-likeness (QED) is 0.647. The molecule has 3 aromatic rings. The van der Waals surface area contributed by atoms with Crippen molar-refractivity contribution in [1.29, 1.82) is 0 Å². The zero-order chi connectivity index (χ0) is 13.4. The molecule has 19 heavy (non-hydrogen) atoms. The zero-order valence-electron chi connectivity index (χ0n) is 9.56. The molecule has 2 aromatic carbocycles. The molecule has 5 heteroatoms. The van der Waals surface area contributed by atoms with Crippen molar-refractivity contribution < 1.29 is 9.21 Å². The number of aromatic nitrogens is 1. The molecule has 0 spiro atoms.